The summed E-state index contributed by atoms with van der Waals surface area (Å²) < 4.78 is 9.34. The van der Waals surface area contributed by atoms with Crippen LogP contribution in [0.15, 0.2) is 36.4 Å². The maximum Gasteiger partial charge on any atom is 0.331 e. The number of anilines is 1. The smallest absolute Gasteiger partial charge is 0.331 e. The Morgan fingerprint density at radius 1 is 1.05 bits per heavy atom. The monoisotopic (exact) mass is 305 g/mol. The number of rotatable bonds is 7. The zero-order chi connectivity index (χ0) is 16.4. The average molecular weight is 305 g/mol. The molecule has 0 aliphatic rings. The summed E-state index contributed by atoms with van der Waals surface area (Å²) in [6, 6.07) is 7.38. The third-order valence-electron chi connectivity index (χ3n) is 2.66. The maximum absolute atomic E-state index is 11.7. The van der Waals surface area contributed by atoms with Gasteiger partial charge in [0, 0.05) is 17.8 Å². The van der Waals surface area contributed by atoms with E-state index in [2.05, 4.69) is 10.1 Å². The molecule has 0 aliphatic carbocycles. The van der Waals surface area contributed by atoms with Gasteiger partial charge in [0.1, 0.15) is 0 Å². The number of hydrogen-bond donors (Lipinski definition) is 1. The van der Waals surface area contributed by atoms with Gasteiger partial charge in [0.25, 0.3) is 5.91 Å². The minimum atomic E-state index is -0.785. The first-order valence-corrected chi connectivity index (χ1v) is 6.96. The molecule has 0 bridgehead atoms. The van der Waals surface area contributed by atoms with E-state index in [9.17, 15) is 14.4 Å². The lowest BCUT2D eigenvalue weighted by atomic mass is 10.1. The topological polar surface area (TPSA) is 81.7 Å². The van der Waals surface area contributed by atoms with Crippen molar-refractivity contribution in [2.24, 2.45) is 0 Å². The molecule has 0 aliphatic heterocycles. The highest BCUT2D eigenvalue weighted by Gasteiger charge is 2.08. The van der Waals surface area contributed by atoms with Crippen molar-refractivity contribution < 1.29 is 23.9 Å². The fraction of sp³-hybridized carbons (Fsp3) is 0.312. The summed E-state index contributed by atoms with van der Waals surface area (Å²) in [5.41, 5.74) is 1.68. The van der Waals surface area contributed by atoms with Crippen LogP contribution < -0.4 is 5.32 Å². The van der Waals surface area contributed by atoms with E-state index in [1.54, 1.807) is 13.0 Å². The lowest BCUT2D eigenvalue weighted by Gasteiger charge is -2.09. The number of benzene rings is 1. The van der Waals surface area contributed by atoms with Crippen LogP contribution in [-0.4, -0.2) is 31.1 Å². The van der Waals surface area contributed by atoms with E-state index in [0.29, 0.717) is 5.69 Å². The van der Waals surface area contributed by atoms with Crippen LogP contribution in [0.4, 0.5) is 5.69 Å². The van der Waals surface area contributed by atoms with Crippen molar-refractivity contribution in [1.29, 1.82) is 0 Å². The fourth-order valence-electron chi connectivity index (χ4n) is 1.65. The molecule has 0 aromatic heterocycles. The molecular weight excluding hydrogens is 286 g/mol. The van der Waals surface area contributed by atoms with Crippen molar-refractivity contribution in [1.82, 2.24) is 0 Å². The molecule has 118 valence electrons. The number of esters is 2. The molecule has 1 aromatic rings. The van der Waals surface area contributed by atoms with Crippen molar-refractivity contribution in [2.75, 3.05) is 18.5 Å². The van der Waals surface area contributed by atoms with E-state index < -0.39 is 24.5 Å². The highest BCUT2D eigenvalue weighted by Crippen LogP contribution is 2.15. The number of amides is 1. The summed E-state index contributed by atoms with van der Waals surface area (Å²) in [6.45, 7) is 3.43. The molecule has 0 unspecified atom stereocenters. The molecule has 1 N–H and O–H groups in total. The van der Waals surface area contributed by atoms with Crippen molar-refractivity contribution in [3.8, 4) is 0 Å². The van der Waals surface area contributed by atoms with Crippen LogP contribution in [0.1, 0.15) is 19.4 Å². The van der Waals surface area contributed by atoms with Gasteiger partial charge in [-0.1, -0.05) is 25.1 Å². The fourth-order valence-corrected chi connectivity index (χ4v) is 1.65. The van der Waals surface area contributed by atoms with Gasteiger partial charge in [-0.25, -0.2) is 9.59 Å². The first kappa shape index (κ1) is 17.4. The summed E-state index contributed by atoms with van der Waals surface area (Å²) in [5, 5.41) is 2.67. The predicted octanol–water partition coefficient (Wildman–Crippen LogP) is 1.85. The first-order valence-electron chi connectivity index (χ1n) is 6.96. The third-order valence-corrected chi connectivity index (χ3v) is 2.66. The SMILES string of the molecule is CCOC(=O)/C=C/C(=O)OCC(=O)Nc1ccccc1CC. The van der Waals surface area contributed by atoms with Gasteiger partial charge in [0.15, 0.2) is 6.61 Å². The lowest BCUT2D eigenvalue weighted by Crippen LogP contribution is -2.20. The first-order chi connectivity index (χ1) is 10.6. The Balaban J connectivity index is 2.43. The summed E-state index contributed by atoms with van der Waals surface area (Å²) in [4.78, 5) is 34.1. The molecule has 0 atom stereocenters. The normalized spacial score (nSPS) is 10.3. The van der Waals surface area contributed by atoms with E-state index >= 15 is 0 Å². The Bertz CT molecular complexity index is 565. The molecule has 1 rings (SSSR count). The van der Waals surface area contributed by atoms with Gasteiger partial charge in [0.2, 0.25) is 0 Å². The minimum Gasteiger partial charge on any atom is -0.463 e. The van der Waals surface area contributed by atoms with Gasteiger partial charge >= 0.3 is 11.9 Å². The molecule has 0 fully saturated rings. The highest BCUT2D eigenvalue weighted by atomic mass is 16.5. The number of carbonyl (C=O) groups is 3. The second-order valence-corrected chi connectivity index (χ2v) is 4.25. The van der Waals surface area contributed by atoms with Crippen molar-refractivity contribution in [2.45, 2.75) is 20.3 Å². The highest BCUT2D eigenvalue weighted by molar-refractivity contribution is 5.95. The molecule has 6 heteroatoms. The van der Waals surface area contributed by atoms with Crippen LogP contribution in [0, 0.1) is 0 Å². The van der Waals surface area contributed by atoms with Crippen LogP contribution >= 0.6 is 0 Å². The standard InChI is InChI=1S/C16H19NO5/c1-3-12-7-5-6-8-13(12)17-14(18)11-22-16(20)10-9-15(19)21-4-2/h5-10H,3-4,11H2,1-2H3,(H,17,18)/b10-9+. The predicted molar refractivity (Wildman–Crippen MR) is 81.2 cm³/mol. The summed E-state index contributed by atoms with van der Waals surface area (Å²) in [6.07, 6.45) is 2.65. The second-order valence-electron chi connectivity index (χ2n) is 4.25. The third kappa shape index (κ3) is 6.21. The summed E-state index contributed by atoms with van der Waals surface area (Å²) in [7, 11) is 0. The van der Waals surface area contributed by atoms with Crippen LogP contribution in [0.25, 0.3) is 0 Å². The molecule has 0 spiro atoms. The number of nitrogens with one attached hydrogen (secondary N) is 1. The molecule has 22 heavy (non-hydrogen) atoms. The van der Waals surface area contributed by atoms with Gasteiger partial charge in [-0.05, 0) is 25.0 Å². The van der Waals surface area contributed by atoms with Gasteiger partial charge in [-0.15, -0.1) is 0 Å². The number of carbonyl (C=O) groups excluding carboxylic acids is 3. The van der Waals surface area contributed by atoms with Crippen LogP contribution in [0.5, 0.6) is 0 Å². The Morgan fingerprint density at radius 3 is 2.32 bits per heavy atom. The Hall–Kier alpha value is -2.63. The summed E-state index contributed by atoms with van der Waals surface area (Å²) >= 11 is 0. The second kappa shape index (κ2) is 9.33. The average Bonchev–Trinajstić information content (AvgIpc) is 2.51. The number of para-hydroxylation sites is 1. The van der Waals surface area contributed by atoms with E-state index in [-0.39, 0.29) is 6.61 Å². The number of ether oxygens (including phenoxy) is 2. The van der Waals surface area contributed by atoms with Crippen LogP contribution in [0.3, 0.4) is 0 Å². The van der Waals surface area contributed by atoms with Crippen molar-refractivity contribution in [3.63, 3.8) is 0 Å². The quantitative estimate of drug-likeness (QED) is 0.614. The molecule has 0 heterocycles. The molecule has 0 saturated heterocycles. The molecule has 6 nitrogen and oxygen atoms in total. The largest absolute Gasteiger partial charge is 0.463 e. The number of hydrogen-bond acceptors (Lipinski definition) is 5. The van der Waals surface area contributed by atoms with Gasteiger partial charge in [-0.3, -0.25) is 4.79 Å². The number of aryl methyl sites for hydroxylation is 1. The van der Waals surface area contributed by atoms with E-state index in [1.807, 2.05) is 25.1 Å². The summed E-state index contributed by atoms with van der Waals surface area (Å²) in [5.74, 6) is -1.87. The lowest BCUT2D eigenvalue weighted by molar-refractivity contribution is -0.143. The Labute approximate surface area is 129 Å². The maximum atomic E-state index is 11.7. The van der Waals surface area contributed by atoms with Crippen LogP contribution in [-0.2, 0) is 30.3 Å². The van der Waals surface area contributed by atoms with Gasteiger partial charge in [-0.2, -0.15) is 0 Å². The zero-order valence-electron chi connectivity index (χ0n) is 12.6. The zero-order valence-corrected chi connectivity index (χ0v) is 12.6. The van der Waals surface area contributed by atoms with Crippen molar-refractivity contribution >= 4 is 23.5 Å². The molecule has 0 saturated carbocycles. The van der Waals surface area contributed by atoms with E-state index in [1.165, 1.54) is 0 Å². The van der Waals surface area contributed by atoms with Gasteiger partial charge < -0.3 is 14.8 Å². The van der Waals surface area contributed by atoms with Crippen molar-refractivity contribution in [3.05, 3.63) is 42.0 Å². The van der Waals surface area contributed by atoms with Crippen LogP contribution in [0.2, 0.25) is 0 Å². The van der Waals surface area contributed by atoms with Gasteiger partial charge in [0.05, 0.1) is 6.61 Å². The molecule has 0 radical (unpaired) electrons. The van der Waals surface area contributed by atoms with E-state index in [4.69, 9.17) is 4.74 Å². The molecular formula is C16H19NO5. The van der Waals surface area contributed by atoms with E-state index in [0.717, 1.165) is 24.1 Å². The Kier molecular flexibility index (Phi) is 7.39. The molecule has 1 amide bonds. The molecule has 1 aromatic carbocycles. The minimum absolute atomic E-state index is 0.220. The Morgan fingerprint density at radius 2 is 1.68 bits per heavy atom.